The minimum Gasteiger partial charge on any atom is -0.497 e. The molecule has 0 radical (unpaired) electrons. The molecule has 1 saturated carbocycles. The molecule has 4 aromatic rings. The van der Waals surface area contributed by atoms with Crippen molar-refractivity contribution >= 4 is 22.6 Å². The molecule has 3 aromatic heterocycles. The maximum Gasteiger partial charge on any atom is 0.267 e. The Morgan fingerprint density at radius 1 is 1.14 bits per heavy atom. The fourth-order valence-electron chi connectivity index (χ4n) is 5.03. The van der Waals surface area contributed by atoms with Crippen molar-refractivity contribution in [3.05, 3.63) is 81.2 Å². The molecule has 36 heavy (non-hydrogen) atoms. The lowest BCUT2D eigenvalue weighted by atomic mass is 9.95. The van der Waals surface area contributed by atoms with Crippen molar-refractivity contribution in [3.8, 4) is 5.75 Å². The van der Waals surface area contributed by atoms with E-state index in [9.17, 15) is 9.59 Å². The van der Waals surface area contributed by atoms with Crippen LogP contribution in [-0.2, 0) is 13.0 Å². The zero-order valence-corrected chi connectivity index (χ0v) is 20.7. The van der Waals surface area contributed by atoms with Crippen LogP contribution in [0.3, 0.4) is 0 Å². The van der Waals surface area contributed by atoms with Gasteiger partial charge in [0.1, 0.15) is 22.5 Å². The molecule has 0 spiro atoms. The molecule has 1 aromatic carbocycles. The Morgan fingerprint density at radius 2 is 1.89 bits per heavy atom. The number of fused-ring (bicyclic) bond motifs is 2. The van der Waals surface area contributed by atoms with Gasteiger partial charge in [0.05, 0.1) is 18.1 Å². The number of methoxy groups -OCH3 is 1. The second-order valence-corrected chi connectivity index (χ2v) is 9.50. The summed E-state index contributed by atoms with van der Waals surface area (Å²) >= 11 is 0. The van der Waals surface area contributed by atoms with Gasteiger partial charge in [0.25, 0.3) is 11.5 Å². The molecule has 0 aliphatic heterocycles. The number of benzene rings is 1. The van der Waals surface area contributed by atoms with Crippen molar-refractivity contribution in [2.45, 2.75) is 58.0 Å². The lowest BCUT2D eigenvalue weighted by molar-refractivity contribution is 0.0925. The molecule has 1 aliphatic carbocycles. The second kappa shape index (κ2) is 9.97. The van der Waals surface area contributed by atoms with Crippen LogP contribution in [0, 0.1) is 12.3 Å². The van der Waals surface area contributed by atoms with Crippen molar-refractivity contribution in [2.24, 2.45) is 0 Å². The van der Waals surface area contributed by atoms with Gasteiger partial charge in [0, 0.05) is 18.8 Å². The van der Waals surface area contributed by atoms with E-state index in [1.165, 1.54) is 10.8 Å². The first kappa shape index (κ1) is 23.8. The Morgan fingerprint density at radius 3 is 2.61 bits per heavy atom. The molecular weight excluding hydrogens is 454 g/mol. The smallest absolute Gasteiger partial charge is 0.267 e. The van der Waals surface area contributed by atoms with Crippen LogP contribution < -0.4 is 21.1 Å². The van der Waals surface area contributed by atoms with Crippen LogP contribution in [0.2, 0.25) is 0 Å². The average Bonchev–Trinajstić information content (AvgIpc) is 2.89. The lowest BCUT2D eigenvalue weighted by Crippen LogP contribution is -2.40. The molecule has 5 rings (SSSR count). The molecule has 0 atom stereocenters. The number of aromatic nitrogens is 3. The van der Waals surface area contributed by atoms with E-state index in [1.807, 2.05) is 43.3 Å². The monoisotopic (exact) mass is 485 g/mol. The van der Waals surface area contributed by atoms with Crippen LogP contribution in [-0.4, -0.2) is 33.0 Å². The van der Waals surface area contributed by atoms with E-state index >= 15 is 0 Å². The largest absolute Gasteiger partial charge is 0.497 e. The standard InChI is InChI=1S/C28H31N5O3/c1-18-7-6-15-33-25(18)31-26-23(28(33)35)17-22(27(34)30-20-8-4-3-5-9-20)24(29)32(26)16-14-19-10-12-21(36-2)13-11-19/h6-7,10-13,15,17,20,29H,3-5,8-9,14,16H2,1-2H3,(H,30,34). The van der Waals surface area contributed by atoms with Crippen molar-refractivity contribution in [1.29, 1.82) is 5.41 Å². The van der Waals surface area contributed by atoms with Crippen LogP contribution in [0.15, 0.2) is 53.5 Å². The number of ether oxygens (including phenoxy) is 1. The van der Waals surface area contributed by atoms with Crippen molar-refractivity contribution in [3.63, 3.8) is 0 Å². The van der Waals surface area contributed by atoms with Gasteiger partial charge in [0.15, 0.2) is 0 Å². The summed E-state index contributed by atoms with van der Waals surface area (Å²) in [7, 11) is 1.63. The molecule has 1 aliphatic rings. The summed E-state index contributed by atoms with van der Waals surface area (Å²) in [4.78, 5) is 31.6. The van der Waals surface area contributed by atoms with Crippen LogP contribution >= 0.6 is 0 Å². The highest BCUT2D eigenvalue weighted by Crippen LogP contribution is 2.19. The summed E-state index contributed by atoms with van der Waals surface area (Å²) in [5.41, 5.74) is 2.91. The number of carbonyl (C=O) groups excluding carboxylic acids is 1. The SMILES string of the molecule is COc1ccc(CCn2c(=N)c(C(=O)NC3CCCCC3)cc3c(=O)n4cccc(C)c4nc32)cc1. The van der Waals surface area contributed by atoms with Gasteiger partial charge in [-0.25, -0.2) is 4.98 Å². The summed E-state index contributed by atoms with van der Waals surface area (Å²) < 4.78 is 8.46. The van der Waals surface area contributed by atoms with E-state index in [1.54, 1.807) is 23.9 Å². The zero-order chi connectivity index (χ0) is 25.2. The summed E-state index contributed by atoms with van der Waals surface area (Å²) in [6.45, 7) is 2.31. The number of hydrogen-bond acceptors (Lipinski definition) is 5. The van der Waals surface area contributed by atoms with Gasteiger partial charge >= 0.3 is 0 Å². The molecule has 2 N–H and O–H groups in total. The van der Waals surface area contributed by atoms with Crippen LogP contribution in [0.1, 0.15) is 53.6 Å². The van der Waals surface area contributed by atoms with E-state index in [2.05, 4.69) is 5.32 Å². The maximum absolute atomic E-state index is 13.5. The summed E-state index contributed by atoms with van der Waals surface area (Å²) in [5.74, 6) is 0.469. The molecular formula is C28H31N5O3. The molecule has 3 heterocycles. The Bertz CT molecular complexity index is 1550. The van der Waals surface area contributed by atoms with Gasteiger partial charge in [-0.3, -0.25) is 19.4 Å². The van der Waals surface area contributed by atoms with Gasteiger partial charge in [0.2, 0.25) is 0 Å². The third-order valence-corrected chi connectivity index (χ3v) is 7.10. The van der Waals surface area contributed by atoms with Gasteiger partial charge in [-0.1, -0.05) is 37.5 Å². The van der Waals surface area contributed by atoms with Crippen LogP contribution in [0.4, 0.5) is 0 Å². The molecule has 8 heteroatoms. The van der Waals surface area contributed by atoms with Crippen molar-refractivity contribution in [1.82, 2.24) is 19.3 Å². The fourth-order valence-corrected chi connectivity index (χ4v) is 5.03. The lowest BCUT2D eigenvalue weighted by Gasteiger charge is -2.23. The molecule has 0 bridgehead atoms. The summed E-state index contributed by atoms with van der Waals surface area (Å²) in [6.07, 6.45) is 7.56. The predicted molar refractivity (Wildman–Crippen MR) is 139 cm³/mol. The Labute approximate surface area is 209 Å². The molecule has 1 amide bonds. The van der Waals surface area contributed by atoms with E-state index in [0.717, 1.165) is 42.6 Å². The van der Waals surface area contributed by atoms with Gasteiger partial charge < -0.3 is 14.6 Å². The maximum atomic E-state index is 13.5. The quantitative estimate of drug-likeness (QED) is 0.406. The number of nitrogens with zero attached hydrogens (tertiary/aromatic N) is 3. The fraction of sp³-hybridized carbons (Fsp3) is 0.357. The highest BCUT2D eigenvalue weighted by Gasteiger charge is 2.21. The number of amides is 1. The van der Waals surface area contributed by atoms with E-state index in [-0.39, 0.29) is 28.6 Å². The average molecular weight is 486 g/mol. The minimum atomic E-state index is -0.305. The van der Waals surface area contributed by atoms with Crippen LogP contribution in [0.25, 0.3) is 16.7 Å². The van der Waals surface area contributed by atoms with Crippen molar-refractivity contribution < 1.29 is 9.53 Å². The first-order valence-corrected chi connectivity index (χ1v) is 12.5. The van der Waals surface area contributed by atoms with Gasteiger partial charge in [-0.05, 0) is 61.6 Å². The molecule has 0 saturated heterocycles. The normalized spacial score (nSPS) is 14.3. The zero-order valence-electron chi connectivity index (χ0n) is 20.7. The van der Waals surface area contributed by atoms with Crippen molar-refractivity contribution in [2.75, 3.05) is 7.11 Å². The first-order chi connectivity index (χ1) is 17.5. The Balaban J connectivity index is 1.62. The summed E-state index contributed by atoms with van der Waals surface area (Å²) in [6, 6.07) is 13.1. The van der Waals surface area contributed by atoms with E-state index in [4.69, 9.17) is 15.1 Å². The molecule has 0 unspecified atom stereocenters. The third kappa shape index (κ3) is 4.51. The number of rotatable bonds is 6. The number of hydrogen-bond donors (Lipinski definition) is 2. The number of pyridine rings is 2. The molecule has 8 nitrogen and oxygen atoms in total. The van der Waals surface area contributed by atoms with Gasteiger partial charge in [-0.2, -0.15) is 0 Å². The summed E-state index contributed by atoms with van der Waals surface area (Å²) in [5, 5.41) is 12.4. The van der Waals surface area contributed by atoms with E-state index < -0.39 is 0 Å². The Kier molecular flexibility index (Phi) is 6.59. The van der Waals surface area contributed by atoms with E-state index in [0.29, 0.717) is 29.6 Å². The molecule has 1 fully saturated rings. The Hall–Kier alpha value is -3.94. The first-order valence-electron chi connectivity index (χ1n) is 12.5. The van der Waals surface area contributed by atoms with Gasteiger partial charge in [-0.15, -0.1) is 0 Å². The number of carbonyl (C=O) groups is 1. The number of aryl methyl sites for hydroxylation is 3. The molecule has 186 valence electrons. The highest BCUT2D eigenvalue weighted by molar-refractivity contribution is 5.97. The van der Waals surface area contributed by atoms with Crippen LogP contribution in [0.5, 0.6) is 5.75 Å². The predicted octanol–water partition coefficient (Wildman–Crippen LogP) is 3.75. The minimum absolute atomic E-state index is 0.0640. The highest BCUT2D eigenvalue weighted by atomic mass is 16.5. The number of nitrogens with one attached hydrogen (secondary N) is 2. The second-order valence-electron chi connectivity index (χ2n) is 9.50. The topological polar surface area (TPSA) is 101 Å². The third-order valence-electron chi connectivity index (χ3n) is 7.10.